The zero-order valence-corrected chi connectivity index (χ0v) is 34.4. The first-order valence-electron chi connectivity index (χ1n) is 19.3. The second-order valence-electron chi connectivity index (χ2n) is 16.1. The van der Waals surface area contributed by atoms with E-state index in [0.29, 0.717) is 24.7 Å². The lowest BCUT2D eigenvalue weighted by Crippen LogP contribution is -2.62. The van der Waals surface area contributed by atoms with Gasteiger partial charge in [0.15, 0.2) is 0 Å². The Morgan fingerprint density at radius 3 is 1.85 bits per heavy atom. The highest BCUT2D eigenvalue weighted by Crippen LogP contribution is 2.50. The Morgan fingerprint density at radius 1 is 0.811 bits per heavy atom. The molecule has 5 rings (SSSR count). The van der Waals surface area contributed by atoms with Crippen molar-refractivity contribution in [2.24, 2.45) is 5.92 Å². The van der Waals surface area contributed by atoms with Gasteiger partial charge in [-0.15, -0.1) is 10.3 Å². The van der Waals surface area contributed by atoms with Crippen LogP contribution in [-0.4, -0.2) is 28.1 Å². The summed E-state index contributed by atoms with van der Waals surface area (Å²) in [5.74, 6) is 1.63. The van der Waals surface area contributed by atoms with Crippen molar-refractivity contribution < 1.29 is 14.5 Å². The minimum atomic E-state index is -2.29. The van der Waals surface area contributed by atoms with Crippen LogP contribution in [-0.2, 0) is 10.0 Å². The fourth-order valence-electron chi connectivity index (χ4n) is 8.03. The van der Waals surface area contributed by atoms with Crippen molar-refractivity contribution >= 4 is 31.8 Å². The van der Waals surface area contributed by atoms with Crippen LogP contribution in [0.2, 0.25) is 0 Å². The van der Waals surface area contributed by atoms with Gasteiger partial charge in [0.1, 0.15) is 12.5 Å². The van der Waals surface area contributed by atoms with Crippen LogP contribution in [0.5, 0.6) is 5.75 Å². The average Bonchev–Trinajstić information content (AvgIpc) is 3.16. The molecule has 281 valence electrons. The van der Waals surface area contributed by atoms with E-state index in [2.05, 4.69) is 136 Å². The number of hydrogen-bond donors (Lipinski definition) is 1. The molecule has 4 aromatic carbocycles. The normalized spacial score (nSPS) is 17.9. The molecule has 1 fully saturated rings. The summed E-state index contributed by atoms with van der Waals surface area (Å²) >= 11 is 0. The fourth-order valence-corrected chi connectivity index (χ4v) is 11.4. The van der Waals surface area contributed by atoms with Gasteiger partial charge in [-0.1, -0.05) is 138 Å². The summed E-state index contributed by atoms with van der Waals surface area (Å²) in [4.78, 5) is 13.1. The Hall–Kier alpha value is -3.46. The van der Waals surface area contributed by atoms with Crippen molar-refractivity contribution in [2.75, 3.05) is 0 Å². The number of amides is 1. The molecule has 7 heteroatoms. The van der Waals surface area contributed by atoms with Gasteiger partial charge in [0.05, 0.1) is 0 Å². The molecule has 0 aromatic heterocycles. The summed E-state index contributed by atoms with van der Waals surface area (Å²) in [5.41, 5.74) is 1.69. The summed E-state index contributed by atoms with van der Waals surface area (Å²) in [7, 11) is 4.16. The van der Waals surface area contributed by atoms with Crippen molar-refractivity contribution in [2.45, 2.75) is 115 Å². The number of nitrogens with zero attached hydrogens (tertiary/aromatic N) is 1. The Morgan fingerprint density at radius 2 is 1.32 bits per heavy atom. The number of carbonyl (C=O) groups excluding carboxylic acids is 1. The summed E-state index contributed by atoms with van der Waals surface area (Å²) < 4.78 is 6.84. The van der Waals surface area contributed by atoms with E-state index in [1.54, 1.807) is 0 Å². The third kappa shape index (κ3) is 10.6. The summed E-state index contributed by atoms with van der Waals surface area (Å²) in [6.07, 6.45) is 10.6. The molecule has 5 nitrogen and oxygen atoms in total. The number of allylic oxidation sites excluding steroid dienone is 2. The minimum Gasteiger partial charge on any atom is -0.464 e. The molecule has 0 spiro atoms. The van der Waals surface area contributed by atoms with Crippen molar-refractivity contribution in [3.8, 4) is 5.75 Å². The number of carbonyl (C=O) groups is 1. The standard InChI is InChI=1S/C46H59N2O3P2/c1-7-36(38-28-30-41(31-29-38)51-53(52,42-24-16-10-17-25-42)43-26-18-11-19-27-43)32-39(37-21-13-9-14-22-37)23-15-8-12-20-35(2)44(49)47-40-33-45(3,4)48(50)46(5,6)34-40/h8-11,13-19,21-22,24-31,35-36,39-40,52H,7,12,20,23,32-34H2,1-6H3,(H,47,49)/b15-8+. The molecular formula is C46H59N2O3P2. The number of rotatable bonds is 16. The molecule has 0 bridgehead atoms. The molecule has 1 amide bonds. The van der Waals surface area contributed by atoms with Crippen LogP contribution in [0.4, 0.5) is 0 Å². The molecule has 53 heavy (non-hydrogen) atoms. The monoisotopic (exact) mass is 749 g/mol. The summed E-state index contributed by atoms with van der Waals surface area (Å²) in [6.45, 7) is 9.89. The smallest absolute Gasteiger partial charge is 0.223 e. The topological polar surface area (TPSA) is 61.5 Å². The summed E-state index contributed by atoms with van der Waals surface area (Å²) in [5, 5.41) is 19.5. The van der Waals surface area contributed by atoms with Crippen LogP contribution in [0.1, 0.15) is 109 Å². The quantitative estimate of drug-likeness (QED) is 0.0916. The van der Waals surface area contributed by atoms with Crippen molar-refractivity contribution in [1.82, 2.24) is 10.4 Å². The maximum Gasteiger partial charge on any atom is 0.223 e. The van der Waals surface area contributed by atoms with Crippen LogP contribution in [0.15, 0.2) is 127 Å². The number of piperidine rings is 1. The van der Waals surface area contributed by atoms with Gasteiger partial charge in [0.2, 0.25) is 5.91 Å². The van der Waals surface area contributed by atoms with Gasteiger partial charge in [-0.05, 0) is 108 Å². The zero-order chi connectivity index (χ0) is 38.1. The molecule has 3 unspecified atom stereocenters. The Balaban J connectivity index is 1.20. The third-order valence-electron chi connectivity index (χ3n) is 10.9. The predicted octanol–water partition coefficient (Wildman–Crippen LogP) is 11.2. The lowest BCUT2D eigenvalue weighted by molar-refractivity contribution is -0.290. The highest BCUT2D eigenvalue weighted by atomic mass is 31.8. The van der Waals surface area contributed by atoms with Gasteiger partial charge >= 0.3 is 0 Å². The van der Waals surface area contributed by atoms with E-state index in [0.717, 1.165) is 48.5 Å². The van der Waals surface area contributed by atoms with Gasteiger partial charge in [-0.3, -0.25) is 4.79 Å². The number of benzene rings is 4. The molecule has 0 saturated carbocycles. The molecule has 1 heterocycles. The number of hydroxylamine groups is 2. The molecule has 4 aromatic rings. The fraction of sp³-hybridized carbons (Fsp3) is 0.413. The van der Waals surface area contributed by atoms with Crippen LogP contribution >= 0.6 is 15.3 Å². The molecule has 1 saturated heterocycles. The van der Waals surface area contributed by atoms with E-state index < -0.39 is 17.9 Å². The van der Waals surface area contributed by atoms with E-state index in [-0.39, 0.29) is 17.9 Å². The van der Waals surface area contributed by atoms with Crippen molar-refractivity contribution in [3.05, 3.63) is 139 Å². The van der Waals surface area contributed by atoms with E-state index >= 15 is 0 Å². The average molecular weight is 750 g/mol. The van der Waals surface area contributed by atoms with E-state index in [1.165, 1.54) is 16.2 Å². The minimum absolute atomic E-state index is 0.0143. The first-order valence-corrected chi connectivity index (χ1v) is 22.4. The van der Waals surface area contributed by atoms with Crippen LogP contribution in [0.3, 0.4) is 0 Å². The van der Waals surface area contributed by atoms with E-state index in [4.69, 9.17) is 4.52 Å². The van der Waals surface area contributed by atoms with Gasteiger partial charge < -0.3 is 9.84 Å². The van der Waals surface area contributed by atoms with Gasteiger partial charge in [0, 0.05) is 33.6 Å². The first kappa shape index (κ1) is 40.7. The van der Waals surface area contributed by atoms with Crippen LogP contribution in [0.25, 0.3) is 0 Å². The Bertz CT molecular complexity index is 1750. The van der Waals surface area contributed by atoms with Gasteiger partial charge in [0.25, 0.3) is 0 Å². The van der Waals surface area contributed by atoms with E-state index in [9.17, 15) is 10.0 Å². The molecule has 1 aliphatic heterocycles. The lowest BCUT2D eigenvalue weighted by Gasteiger charge is -2.50. The second kappa shape index (κ2) is 18.2. The Kier molecular flexibility index (Phi) is 14.0. The first-order chi connectivity index (χ1) is 25.3. The number of hydrogen-bond acceptors (Lipinski definition) is 3. The lowest BCUT2D eigenvalue weighted by atomic mass is 9.79. The maximum absolute atomic E-state index is 13.1. The second-order valence-corrected chi connectivity index (χ2v) is 20.4. The maximum atomic E-state index is 13.1. The molecular weight excluding hydrogens is 690 g/mol. The zero-order valence-electron chi connectivity index (χ0n) is 32.5. The Labute approximate surface area is 321 Å². The van der Waals surface area contributed by atoms with Crippen molar-refractivity contribution in [1.29, 1.82) is 0 Å². The molecule has 0 aliphatic carbocycles. The highest BCUT2D eigenvalue weighted by molar-refractivity contribution is 8.05. The summed E-state index contributed by atoms with van der Waals surface area (Å²) in [6, 6.07) is 40.5. The molecule has 1 radical (unpaired) electrons. The molecule has 1 N–H and O–H groups in total. The largest absolute Gasteiger partial charge is 0.464 e. The third-order valence-corrected chi connectivity index (χ3v) is 15.3. The molecule has 3 atom stereocenters. The predicted molar refractivity (Wildman–Crippen MR) is 225 cm³/mol. The van der Waals surface area contributed by atoms with Gasteiger partial charge in [-0.2, -0.15) is 0 Å². The van der Waals surface area contributed by atoms with Crippen LogP contribution in [0, 0.1) is 5.92 Å². The highest BCUT2D eigenvalue weighted by Gasteiger charge is 2.46. The van der Waals surface area contributed by atoms with E-state index in [1.807, 2.05) is 46.8 Å². The van der Waals surface area contributed by atoms with Crippen LogP contribution < -0.4 is 20.4 Å². The SMILES string of the molecule is CCC(CC(C/C=C/CCC(C)C(=O)NC1CC(C)(C)N([O])C(C)(C)C1)c1ccccc1)c1ccc(OP(=P)(c2ccccc2)c2ccccc2)cc1. The molecule has 1 aliphatic rings. The van der Waals surface area contributed by atoms with Gasteiger partial charge in [-0.25, -0.2) is 0 Å². The number of nitrogens with one attached hydrogen (secondary N) is 1. The van der Waals surface area contributed by atoms with Crippen molar-refractivity contribution in [3.63, 3.8) is 0 Å².